The Bertz CT molecular complexity index is 766. The van der Waals surface area contributed by atoms with E-state index in [0.717, 1.165) is 0 Å². The van der Waals surface area contributed by atoms with Crippen molar-refractivity contribution < 1.29 is 28.5 Å². The number of nitrogens with one attached hydrogen (secondary N) is 1. The summed E-state index contributed by atoms with van der Waals surface area (Å²) in [6.07, 6.45) is 1.03. The molecule has 9 nitrogen and oxygen atoms in total. The number of nitriles is 1. The van der Waals surface area contributed by atoms with E-state index >= 15 is 0 Å². The molecular weight excluding hydrogens is 402 g/mol. The molecule has 0 saturated carbocycles. The topological polar surface area (TPSA) is 110 Å². The second-order valence-corrected chi connectivity index (χ2v) is 9.39. The van der Waals surface area contributed by atoms with Gasteiger partial charge >= 0.3 is 12.1 Å². The Labute approximate surface area is 184 Å². The van der Waals surface area contributed by atoms with Gasteiger partial charge < -0.3 is 24.3 Å². The van der Waals surface area contributed by atoms with Crippen LogP contribution in [0.3, 0.4) is 0 Å². The van der Waals surface area contributed by atoms with Crippen LogP contribution in [-0.2, 0) is 23.7 Å². The highest BCUT2D eigenvalue weighted by Gasteiger charge is 2.67. The summed E-state index contributed by atoms with van der Waals surface area (Å²) < 4.78 is 23.0. The lowest BCUT2D eigenvalue weighted by molar-refractivity contribution is -0.179. The van der Waals surface area contributed by atoms with Crippen LogP contribution in [0.1, 0.15) is 61.8 Å². The molecule has 2 rings (SSSR count). The maximum atomic E-state index is 13.2. The Kier molecular flexibility index (Phi) is 7.28. The number of ether oxygens (including phenoxy) is 4. The van der Waals surface area contributed by atoms with Gasteiger partial charge in [-0.05, 0) is 54.9 Å². The van der Waals surface area contributed by atoms with Crippen LogP contribution < -0.4 is 5.32 Å². The molecule has 9 heteroatoms. The Morgan fingerprint density at radius 1 is 1.26 bits per heavy atom. The molecule has 0 spiro atoms. The third kappa shape index (κ3) is 5.31. The van der Waals surface area contributed by atoms with E-state index in [-0.39, 0.29) is 24.8 Å². The molecule has 31 heavy (non-hydrogen) atoms. The highest BCUT2D eigenvalue weighted by atomic mass is 16.8. The Morgan fingerprint density at radius 2 is 1.90 bits per heavy atom. The molecule has 0 aromatic heterocycles. The van der Waals surface area contributed by atoms with Gasteiger partial charge in [0.05, 0.1) is 24.3 Å². The molecule has 0 aromatic carbocycles. The number of fused-ring (bicyclic) bond motifs is 1. The quantitative estimate of drug-likeness (QED) is 0.499. The van der Waals surface area contributed by atoms with E-state index in [9.17, 15) is 14.9 Å². The van der Waals surface area contributed by atoms with Crippen molar-refractivity contribution in [2.75, 3.05) is 13.2 Å². The third-order valence-corrected chi connectivity index (χ3v) is 5.22. The minimum atomic E-state index is -0.978. The number of nitrogens with zero attached hydrogens (tertiary/aromatic N) is 2. The van der Waals surface area contributed by atoms with Crippen molar-refractivity contribution in [3.63, 3.8) is 0 Å². The van der Waals surface area contributed by atoms with Gasteiger partial charge in [0, 0.05) is 6.20 Å². The van der Waals surface area contributed by atoms with Crippen LogP contribution >= 0.6 is 0 Å². The van der Waals surface area contributed by atoms with Crippen molar-refractivity contribution in [3.8, 4) is 6.07 Å². The summed E-state index contributed by atoms with van der Waals surface area (Å²) in [4.78, 5) is 26.4. The molecule has 0 unspecified atom stereocenters. The van der Waals surface area contributed by atoms with Crippen molar-refractivity contribution in [2.24, 2.45) is 0 Å². The zero-order valence-electron chi connectivity index (χ0n) is 19.8. The van der Waals surface area contributed by atoms with Crippen molar-refractivity contribution >= 4 is 12.1 Å². The number of carbonyl (C=O) groups is 2. The zero-order valence-corrected chi connectivity index (χ0v) is 19.8. The van der Waals surface area contributed by atoms with Gasteiger partial charge in [-0.25, -0.2) is 4.79 Å². The van der Waals surface area contributed by atoms with Crippen LogP contribution in [0.5, 0.6) is 0 Å². The third-order valence-electron chi connectivity index (χ3n) is 5.22. The van der Waals surface area contributed by atoms with Gasteiger partial charge in [-0.2, -0.15) is 5.26 Å². The fourth-order valence-electron chi connectivity index (χ4n) is 4.37. The lowest BCUT2D eigenvalue weighted by Crippen LogP contribution is -2.51. The van der Waals surface area contributed by atoms with Gasteiger partial charge in [-0.15, -0.1) is 0 Å². The molecule has 1 amide bonds. The molecule has 2 aliphatic heterocycles. The Balaban J connectivity index is 2.46. The molecule has 2 saturated heterocycles. The molecule has 174 valence electrons. The second kappa shape index (κ2) is 9.05. The fourth-order valence-corrected chi connectivity index (χ4v) is 4.37. The maximum absolute atomic E-state index is 13.2. The first-order valence-corrected chi connectivity index (χ1v) is 10.7. The summed E-state index contributed by atoms with van der Waals surface area (Å²) in [6.45, 7) is 14.7. The minimum absolute atomic E-state index is 0.0988. The summed E-state index contributed by atoms with van der Waals surface area (Å²) >= 11 is 0. The minimum Gasteiger partial charge on any atom is -0.465 e. The van der Waals surface area contributed by atoms with Gasteiger partial charge in [0.25, 0.3) is 0 Å². The molecule has 0 bridgehead atoms. The highest BCUT2D eigenvalue weighted by molar-refractivity contribution is 5.72. The van der Waals surface area contributed by atoms with E-state index in [1.807, 2.05) is 27.7 Å². The summed E-state index contributed by atoms with van der Waals surface area (Å²) in [6, 6.07) is 1.05. The number of rotatable bonds is 6. The van der Waals surface area contributed by atoms with Gasteiger partial charge in [-0.1, -0.05) is 6.92 Å². The maximum Gasteiger partial charge on any atom is 0.411 e. The van der Waals surface area contributed by atoms with Crippen molar-refractivity contribution in [1.29, 1.82) is 5.26 Å². The van der Waals surface area contributed by atoms with Gasteiger partial charge in [-0.3, -0.25) is 9.69 Å². The summed E-state index contributed by atoms with van der Waals surface area (Å²) in [7, 11) is 0. The Hall–Kier alpha value is -2.31. The average molecular weight is 438 g/mol. The number of hydrogen-bond acceptors (Lipinski definition) is 8. The average Bonchev–Trinajstić information content (AvgIpc) is 3.00. The molecule has 2 heterocycles. The van der Waals surface area contributed by atoms with Crippen LogP contribution in [0, 0.1) is 11.3 Å². The van der Waals surface area contributed by atoms with E-state index in [1.165, 1.54) is 6.20 Å². The first-order valence-electron chi connectivity index (χ1n) is 10.7. The van der Waals surface area contributed by atoms with Crippen LogP contribution in [0.15, 0.2) is 11.8 Å². The molecular formula is C22H35N3O6. The zero-order chi connectivity index (χ0) is 23.6. The lowest BCUT2D eigenvalue weighted by Gasteiger charge is -2.37. The molecule has 1 N–H and O–H groups in total. The molecule has 0 aliphatic carbocycles. The standard InChI is InChI=1S/C22H35N3O6/c1-9-15-18-22(8,31-21(6,7)29-18)17(25(15)19(27)30-20(3,4)5)14(11-23)12-24-13-16(26)28-10-2/h12,15,17-18,24H,9-10,13H2,1-8H3/b14-12-/t15-,17+,18-,22+/m1/s1. The van der Waals surface area contributed by atoms with Crippen LogP contribution in [0.25, 0.3) is 0 Å². The van der Waals surface area contributed by atoms with Gasteiger partial charge in [0.1, 0.15) is 29.9 Å². The van der Waals surface area contributed by atoms with Crippen LogP contribution in [-0.4, -0.2) is 65.3 Å². The van der Waals surface area contributed by atoms with Crippen molar-refractivity contribution in [1.82, 2.24) is 10.2 Å². The predicted octanol–water partition coefficient (Wildman–Crippen LogP) is 2.85. The van der Waals surface area contributed by atoms with E-state index < -0.39 is 41.2 Å². The fraction of sp³-hybridized carbons (Fsp3) is 0.773. The first kappa shape index (κ1) is 25.0. The van der Waals surface area contributed by atoms with Crippen molar-refractivity contribution in [2.45, 2.75) is 97.0 Å². The predicted molar refractivity (Wildman–Crippen MR) is 113 cm³/mol. The summed E-state index contributed by atoms with van der Waals surface area (Å²) in [5.41, 5.74) is -1.45. The van der Waals surface area contributed by atoms with E-state index in [2.05, 4.69) is 11.4 Å². The molecule has 2 aliphatic rings. The number of likely N-dealkylation sites (tertiary alicyclic amines) is 1. The SMILES string of the molecule is CCOC(=O)CN/C=C(/C#N)[C@@H]1N(C(=O)OC(C)(C)C)[C@H](CC)[C@H]2OC(C)(C)O[C@]21C. The first-order chi connectivity index (χ1) is 14.3. The highest BCUT2D eigenvalue weighted by Crippen LogP contribution is 2.51. The van der Waals surface area contributed by atoms with E-state index in [4.69, 9.17) is 18.9 Å². The van der Waals surface area contributed by atoms with Crippen LogP contribution in [0.2, 0.25) is 0 Å². The smallest absolute Gasteiger partial charge is 0.411 e. The Morgan fingerprint density at radius 3 is 2.42 bits per heavy atom. The largest absolute Gasteiger partial charge is 0.465 e. The van der Waals surface area contributed by atoms with Gasteiger partial charge in [0.15, 0.2) is 5.79 Å². The number of hydrogen-bond donors (Lipinski definition) is 1. The summed E-state index contributed by atoms with van der Waals surface area (Å²) in [5.74, 6) is -1.31. The van der Waals surface area contributed by atoms with E-state index in [0.29, 0.717) is 6.42 Å². The number of esters is 1. The number of carbonyl (C=O) groups excluding carboxylic acids is 2. The van der Waals surface area contributed by atoms with Crippen molar-refractivity contribution in [3.05, 3.63) is 11.8 Å². The number of amides is 1. The molecule has 4 atom stereocenters. The van der Waals surface area contributed by atoms with Crippen LogP contribution in [0.4, 0.5) is 4.79 Å². The normalized spacial score (nSPS) is 29.8. The lowest BCUT2D eigenvalue weighted by atomic mass is 9.88. The monoisotopic (exact) mass is 437 g/mol. The molecule has 0 aromatic rings. The second-order valence-electron chi connectivity index (χ2n) is 9.39. The molecule has 2 fully saturated rings. The van der Waals surface area contributed by atoms with Gasteiger partial charge in [0.2, 0.25) is 0 Å². The molecule has 0 radical (unpaired) electrons. The van der Waals surface area contributed by atoms with E-state index in [1.54, 1.807) is 32.6 Å². The summed E-state index contributed by atoms with van der Waals surface area (Å²) in [5, 5.41) is 12.8.